The van der Waals surface area contributed by atoms with Crippen molar-refractivity contribution in [2.24, 2.45) is 0 Å². The van der Waals surface area contributed by atoms with Crippen LogP contribution < -0.4 is 5.32 Å². The van der Waals surface area contributed by atoms with Crippen molar-refractivity contribution >= 4 is 6.03 Å². The van der Waals surface area contributed by atoms with Gasteiger partial charge in [-0.05, 0) is 12.0 Å². The van der Waals surface area contributed by atoms with Crippen molar-refractivity contribution in [3.05, 3.63) is 35.9 Å². The molecule has 0 spiro atoms. The summed E-state index contributed by atoms with van der Waals surface area (Å²) in [5.41, 5.74) is 0.501. The van der Waals surface area contributed by atoms with Gasteiger partial charge >= 0.3 is 12.2 Å². The molecule has 0 aliphatic carbocycles. The topological polar surface area (TPSA) is 52.6 Å². The number of aliphatic hydroxyl groups excluding tert-OH is 1. The molecule has 4 nitrogen and oxygen atoms in total. The Labute approximate surface area is 120 Å². The third kappa shape index (κ3) is 4.35. The first-order valence-electron chi connectivity index (χ1n) is 6.70. The molecule has 0 aromatic heterocycles. The number of hydrogen-bond acceptors (Lipinski definition) is 2. The predicted molar refractivity (Wildman–Crippen MR) is 70.7 cm³/mol. The van der Waals surface area contributed by atoms with Crippen molar-refractivity contribution in [3.63, 3.8) is 0 Å². The molecule has 2 amide bonds. The monoisotopic (exact) mass is 302 g/mol. The van der Waals surface area contributed by atoms with Crippen molar-refractivity contribution in [2.45, 2.75) is 31.2 Å². The second-order valence-electron chi connectivity index (χ2n) is 5.12. The van der Waals surface area contributed by atoms with Crippen molar-refractivity contribution < 1.29 is 23.1 Å². The van der Waals surface area contributed by atoms with E-state index in [1.165, 1.54) is 4.90 Å². The molecule has 1 aliphatic heterocycles. The fraction of sp³-hybridized carbons (Fsp3) is 0.500. The van der Waals surface area contributed by atoms with E-state index in [1.807, 2.05) is 5.32 Å². The molecule has 1 aliphatic rings. The van der Waals surface area contributed by atoms with Crippen LogP contribution >= 0.6 is 0 Å². The minimum Gasteiger partial charge on any atom is -0.391 e. The highest BCUT2D eigenvalue weighted by molar-refractivity contribution is 5.75. The number of hydrogen-bond donors (Lipinski definition) is 2. The largest absolute Gasteiger partial charge is 0.408 e. The first-order valence-corrected chi connectivity index (χ1v) is 6.70. The molecule has 1 saturated heterocycles. The lowest BCUT2D eigenvalue weighted by Crippen LogP contribution is -2.51. The molecule has 1 aromatic carbocycles. The zero-order valence-corrected chi connectivity index (χ0v) is 11.3. The van der Waals surface area contributed by atoms with Crippen molar-refractivity contribution in [1.82, 2.24) is 10.2 Å². The summed E-state index contributed by atoms with van der Waals surface area (Å²) in [5.74, 6) is 0. The van der Waals surface area contributed by atoms with Gasteiger partial charge in [-0.3, -0.25) is 0 Å². The summed E-state index contributed by atoms with van der Waals surface area (Å²) < 4.78 is 39.1. The van der Waals surface area contributed by atoms with Gasteiger partial charge in [0, 0.05) is 19.5 Å². The summed E-state index contributed by atoms with van der Waals surface area (Å²) >= 11 is 0. The van der Waals surface area contributed by atoms with E-state index in [-0.39, 0.29) is 19.5 Å². The molecule has 7 heteroatoms. The quantitative estimate of drug-likeness (QED) is 0.896. The number of nitrogens with one attached hydrogen (secondary N) is 1. The maximum absolute atomic E-state index is 13.0. The lowest BCUT2D eigenvalue weighted by molar-refractivity contribution is -0.153. The third-order valence-corrected chi connectivity index (χ3v) is 3.43. The molecule has 116 valence electrons. The molecule has 2 rings (SSSR count). The predicted octanol–water partition coefficient (Wildman–Crippen LogP) is 1.94. The summed E-state index contributed by atoms with van der Waals surface area (Å²) in [5, 5.41) is 11.4. The van der Waals surface area contributed by atoms with E-state index in [0.717, 1.165) is 0 Å². The zero-order valence-electron chi connectivity index (χ0n) is 11.3. The Bertz CT molecular complexity index is 479. The second-order valence-corrected chi connectivity index (χ2v) is 5.12. The van der Waals surface area contributed by atoms with Gasteiger partial charge in [0.25, 0.3) is 0 Å². The highest BCUT2D eigenvalue weighted by Crippen LogP contribution is 2.24. The maximum atomic E-state index is 13.0. The standard InChI is InChI=1S/C14H17F3N2O2/c15-14(16,17)12(8-10-4-2-1-3-5-10)18-13(21)19-7-6-11(20)9-19/h1-5,11-12,20H,6-9H2,(H,18,21). The van der Waals surface area contributed by atoms with E-state index >= 15 is 0 Å². The smallest absolute Gasteiger partial charge is 0.391 e. The number of urea groups is 1. The van der Waals surface area contributed by atoms with Gasteiger partial charge in [0.1, 0.15) is 6.04 Å². The number of aliphatic hydroxyl groups is 1. The minimum atomic E-state index is -4.52. The summed E-state index contributed by atoms with van der Waals surface area (Å²) in [6.07, 6.45) is -5.10. The summed E-state index contributed by atoms with van der Waals surface area (Å²) in [7, 11) is 0. The normalized spacial score (nSPS) is 20.4. The second kappa shape index (κ2) is 6.34. The number of amides is 2. The number of likely N-dealkylation sites (tertiary alicyclic amines) is 1. The molecule has 0 radical (unpaired) electrons. The van der Waals surface area contributed by atoms with Crippen LogP contribution in [-0.4, -0.2) is 47.4 Å². The van der Waals surface area contributed by atoms with E-state index in [9.17, 15) is 23.1 Å². The Kier molecular flexibility index (Phi) is 4.72. The van der Waals surface area contributed by atoms with Crippen molar-refractivity contribution in [3.8, 4) is 0 Å². The van der Waals surface area contributed by atoms with E-state index in [1.54, 1.807) is 30.3 Å². The lowest BCUT2D eigenvalue weighted by Gasteiger charge is -2.25. The number of carbonyl (C=O) groups excluding carboxylic acids is 1. The molecule has 2 atom stereocenters. The van der Waals surface area contributed by atoms with E-state index in [0.29, 0.717) is 12.0 Å². The SMILES string of the molecule is O=C(NC(Cc1ccccc1)C(F)(F)F)N1CCC(O)C1. The number of alkyl halides is 3. The fourth-order valence-corrected chi connectivity index (χ4v) is 2.27. The number of halogens is 3. The average Bonchev–Trinajstić information content (AvgIpc) is 2.85. The van der Waals surface area contributed by atoms with E-state index in [4.69, 9.17) is 0 Å². The minimum absolute atomic E-state index is 0.0712. The van der Waals surface area contributed by atoms with Crippen LogP contribution in [0.15, 0.2) is 30.3 Å². The highest BCUT2D eigenvalue weighted by atomic mass is 19.4. The van der Waals surface area contributed by atoms with Gasteiger partial charge in [0.05, 0.1) is 6.10 Å². The molecule has 1 aromatic rings. The Hall–Kier alpha value is -1.76. The van der Waals surface area contributed by atoms with E-state index in [2.05, 4.69) is 0 Å². The third-order valence-electron chi connectivity index (χ3n) is 3.43. The summed E-state index contributed by atoms with van der Waals surface area (Å²) in [4.78, 5) is 13.0. The molecule has 0 bridgehead atoms. The van der Waals surface area contributed by atoms with Gasteiger partial charge < -0.3 is 15.3 Å². The first kappa shape index (κ1) is 15.6. The average molecular weight is 302 g/mol. The van der Waals surface area contributed by atoms with Crippen molar-refractivity contribution in [1.29, 1.82) is 0 Å². The number of carbonyl (C=O) groups is 1. The van der Waals surface area contributed by atoms with Crippen LogP contribution in [0.25, 0.3) is 0 Å². The van der Waals surface area contributed by atoms with Gasteiger partial charge in [-0.25, -0.2) is 4.79 Å². The van der Waals surface area contributed by atoms with Crippen LogP contribution in [0.1, 0.15) is 12.0 Å². The summed E-state index contributed by atoms with van der Waals surface area (Å²) in [6, 6.07) is 5.48. The van der Waals surface area contributed by atoms with Crippen LogP contribution in [0.2, 0.25) is 0 Å². The first-order chi connectivity index (χ1) is 9.86. The maximum Gasteiger partial charge on any atom is 0.408 e. The van der Waals surface area contributed by atoms with E-state index < -0.39 is 24.4 Å². The Morgan fingerprint density at radius 2 is 2.05 bits per heavy atom. The molecule has 21 heavy (non-hydrogen) atoms. The van der Waals surface area contributed by atoms with Crippen LogP contribution in [0.5, 0.6) is 0 Å². The Morgan fingerprint density at radius 1 is 1.38 bits per heavy atom. The van der Waals surface area contributed by atoms with Gasteiger partial charge in [-0.2, -0.15) is 13.2 Å². The fourth-order valence-electron chi connectivity index (χ4n) is 2.27. The summed E-state index contributed by atoms with van der Waals surface area (Å²) in [6.45, 7) is 0.338. The molecule has 2 N–H and O–H groups in total. The number of rotatable bonds is 3. The number of benzene rings is 1. The zero-order chi connectivity index (χ0) is 15.5. The van der Waals surface area contributed by atoms with Gasteiger partial charge in [-0.1, -0.05) is 30.3 Å². The lowest BCUT2D eigenvalue weighted by atomic mass is 10.1. The number of β-amino-alcohol motifs (C(OH)–C–C–N with tert-alkyl or cyclic N) is 1. The molecular weight excluding hydrogens is 285 g/mol. The van der Waals surface area contributed by atoms with Gasteiger partial charge in [0.2, 0.25) is 0 Å². The van der Waals surface area contributed by atoms with Crippen molar-refractivity contribution in [2.75, 3.05) is 13.1 Å². The Morgan fingerprint density at radius 3 is 2.57 bits per heavy atom. The molecule has 1 fully saturated rings. The van der Waals surface area contributed by atoms with Crippen LogP contribution in [0, 0.1) is 0 Å². The molecular formula is C14H17F3N2O2. The Balaban J connectivity index is 2.02. The van der Waals surface area contributed by atoms with Gasteiger partial charge in [0.15, 0.2) is 0 Å². The number of nitrogens with zero attached hydrogens (tertiary/aromatic N) is 1. The van der Waals surface area contributed by atoms with Crippen LogP contribution in [0.4, 0.5) is 18.0 Å². The molecule has 0 saturated carbocycles. The van der Waals surface area contributed by atoms with Crippen LogP contribution in [-0.2, 0) is 6.42 Å². The molecule has 1 heterocycles. The molecule has 2 unspecified atom stereocenters. The van der Waals surface area contributed by atoms with Crippen LogP contribution in [0.3, 0.4) is 0 Å². The highest BCUT2D eigenvalue weighted by Gasteiger charge is 2.41. The van der Waals surface area contributed by atoms with Gasteiger partial charge in [-0.15, -0.1) is 0 Å².